The lowest BCUT2D eigenvalue weighted by Crippen LogP contribution is -2.40. The summed E-state index contributed by atoms with van der Waals surface area (Å²) in [6.07, 6.45) is 5.00. The number of carbonyl (C=O) groups excluding carboxylic acids is 2. The van der Waals surface area contributed by atoms with Crippen molar-refractivity contribution in [3.8, 4) is 0 Å². The number of hydrogen-bond donors (Lipinski definition) is 3. The fourth-order valence-electron chi connectivity index (χ4n) is 2.71. The highest BCUT2D eigenvalue weighted by Crippen LogP contribution is 2.16. The molecule has 0 saturated heterocycles. The fraction of sp³-hybridized carbons (Fsp3) is 0.529. The maximum absolute atomic E-state index is 11.9. The van der Waals surface area contributed by atoms with E-state index in [0.717, 1.165) is 25.7 Å². The Morgan fingerprint density at radius 3 is 2.39 bits per heavy atom. The van der Waals surface area contributed by atoms with E-state index < -0.39 is 0 Å². The Labute approximate surface area is 143 Å². The SMILES string of the molecule is Cl.NC1CCC(NC(=O)CCCNC(=O)c2ccccc2)CC1. The van der Waals surface area contributed by atoms with Gasteiger partial charge >= 0.3 is 0 Å². The van der Waals surface area contributed by atoms with E-state index >= 15 is 0 Å². The van der Waals surface area contributed by atoms with Gasteiger partial charge in [-0.1, -0.05) is 18.2 Å². The number of carbonyl (C=O) groups is 2. The Bertz CT molecular complexity index is 488. The molecule has 1 saturated carbocycles. The lowest BCUT2D eigenvalue weighted by Gasteiger charge is -2.26. The van der Waals surface area contributed by atoms with Gasteiger partial charge in [-0.15, -0.1) is 12.4 Å². The molecular formula is C17H26ClN3O2. The molecule has 6 heteroatoms. The molecule has 1 aromatic rings. The number of benzene rings is 1. The first kappa shape index (κ1) is 19.5. The van der Waals surface area contributed by atoms with Crippen molar-refractivity contribution in [1.29, 1.82) is 0 Å². The Hall–Kier alpha value is -1.59. The van der Waals surface area contributed by atoms with E-state index in [4.69, 9.17) is 5.73 Å². The lowest BCUT2D eigenvalue weighted by atomic mass is 9.92. The zero-order chi connectivity index (χ0) is 15.8. The topological polar surface area (TPSA) is 84.2 Å². The van der Waals surface area contributed by atoms with Crippen molar-refractivity contribution in [2.24, 2.45) is 5.73 Å². The second-order valence-corrected chi connectivity index (χ2v) is 5.90. The summed E-state index contributed by atoms with van der Waals surface area (Å²) < 4.78 is 0. The summed E-state index contributed by atoms with van der Waals surface area (Å²) in [5.74, 6) is -0.0308. The van der Waals surface area contributed by atoms with Crippen LogP contribution in [0.3, 0.4) is 0 Å². The molecule has 0 bridgehead atoms. The second-order valence-electron chi connectivity index (χ2n) is 5.90. The summed E-state index contributed by atoms with van der Waals surface area (Å²) in [6, 6.07) is 9.65. The molecule has 5 nitrogen and oxygen atoms in total. The van der Waals surface area contributed by atoms with Crippen LogP contribution in [0.2, 0.25) is 0 Å². The van der Waals surface area contributed by atoms with E-state index in [2.05, 4.69) is 10.6 Å². The number of rotatable bonds is 6. The molecule has 0 atom stereocenters. The van der Waals surface area contributed by atoms with Gasteiger partial charge in [0.1, 0.15) is 0 Å². The number of hydrogen-bond acceptors (Lipinski definition) is 3. The Kier molecular flexibility index (Phi) is 8.66. The third-order valence-electron chi connectivity index (χ3n) is 4.04. The molecule has 1 fully saturated rings. The van der Waals surface area contributed by atoms with Crippen molar-refractivity contribution >= 4 is 24.2 Å². The number of nitrogens with two attached hydrogens (primary N) is 1. The summed E-state index contributed by atoms with van der Waals surface area (Å²) in [5.41, 5.74) is 6.49. The maximum atomic E-state index is 11.9. The molecule has 1 aromatic carbocycles. The highest BCUT2D eigenvalue weighted by atomic mass is 35.5. The van der Waals surface area contributed by atoms with Crippen LogP contribution in [0, 0.1) is 0 Å². The molecule has 23 heavy (non-hydrogen) atoms. The van der Waals surface area contributed by atoms with Crippen LogP contribution < -0.4 is 16.4 Å². The zero-order valence-electron chi connectivity index (χ0n) is 13.3. The van der Waals surface area contributed by atoms with Crippen LogP contribution >= 0.6 is 12.4 Å². The van der Waals surface area contributed by atoms with Gasteiger partial charge in [0, 0.05) is 30.6 Å². The summed E-state index contributed by atoms with van der Waals surface area (Å²) in [6.45, 7) is 0.511. The molecule has 1 aliphatic rings. The third kappa shape index (κ3) is 7.01. The van der Waals surface area contributed by atoms with Crippen LogP contribution in [0.1, 0.15) is 48.9 Å². The van der Waals surface area contributed by atoms with Crippen molar-refractivity contribution in [3.63, 3.8) is 0 Å². The molecule has 128 valence electrons. The van der Waals surface area contributed by atoms with E-state index in [0.29, 0.717) is 31.0 Å². The predicted molar refractivity (Wildman–Crippen MR) is 93.6 cm³/mol. The second kappa shape index (κ2) is 10.2. The van der Waals surface area contributed by atoms with Crippen LogP contribution in [-0.4, -0.2) is 30.4 Å². The molecule has 0 unspecified atom stereocenters. The quantitative estimate of drug-likeness (QED) is 0.693. The van der Waals surface area contributed by atoms with Gasteiger partial charge in [0.25, 0.3) is 5.91 Å². The highest BCUT2D eigenvalue weighted by Gasteiger charge is 2.19. The standard InChI is InChI=1S/C17H25N3O2.ClH/c18-14-8-10-15(11-9-14)20-16(21)7-4-12-19-17(22)13-5-2-1-3-6-13;/h1-3,5-6,14-15H,4,7-12,18H2,(H,19,22)(H,20,21);1H. The normalized spacial score (nSPS) is 20.2. The summed E-state index contributed by atoms with van der Waals surface area (Å²) in [7, 11) is 0. The van der Waals surface area contributed by atoms with Gasteiger partial charge in [0.15, 0.2) is 0 Å². The molecule has 0 aliphatic heterocycles. The molecular weight excluding hydrogens is 314 g/mol. The Morgan fingerprint density at radius 1 is 1.09 bits per heavy atom. The van der Waals surface area contributed by atoms with Crippen LogP contribution in [-0.2, 0) is 4.79 Å². The fourth-order valence-corrected chi connectivity index (χ4v) is 2.71. The minimum atomic E-state index is -0.0951. The molecule has 0 radical (unpaired) electrons. The number of nitrogens with one attached hydrogen (secondary N) is 2. The molecule has 1 aliphatic carbocycles. The van der Waals surface area contributed by atoms with E-state index in [-0.39, 0.29) is 30.3 Å². The number of amides is 2. The van der Waals surface area contributed by atoms with Crippen LogP contribution in [0.4, 0.5) is 0 Å². The van der Waals surface area contributed by atoms with Gasteiger partial charge in [0.2, 0.25) is 5.91 Å². The minimum absolute atomic E-state index is 0. The molecule has 2 amide bonds. The van der Waals surface area contributed by atoms with Gasteiger partial charge in [-0.3, -0.25) is 9.59 Å². The van der Waals surface area contributed by atoms with Crippen LogP contribution in [0.25, 0.3) is 0 Å². The minimum Gasteiger partial charge on any atom is -0.353 e. The van der Waals surface area contributed by atoms with Crippen molar-refractivity contribution in [3.05, 3.63) is 35.9 Å². The van der Waals surface area contributed by atoms with Gasteiger partial charge in [-0.2, -0.15) is 0 Å². The first-order valence-electron chi connectivity index (χ1n) is 8.03. The van der Waals surface area contributed by atoms with E-state index in [9.17, 15) is 9.59 Å². The average Bonchev–Trinajstić information content (AvgIpc) is 2.54. The maximum Gasteiger partial charge on any atom is 0.251 e. The third-order valence-corrected chi connectivity index (χ3v) is 4.04. The van der Waals surface area contributed by atoms with E-state index in [1.807, 2.05) is 18.2 Å². The highest BCUT2D eigenvalue weighted by molar-refractivity contribution is 5.94. The first-order chi connectivity index (χ1) is 10.6. The molecule has 2 rings (SSSR count). The Balaban J connectivity index is 0.00000264. The predicted octanol–water partition coefficient (Wildman–Crippen LogP) is 2.00. The molecule has 0 heterocycles. The summed E-state index contributed by atoms with van der Waals surface area (Å²) in [4.78, 5) is 23.7. The zero-order valence-corrected chi connectivity index (χ0v) is 14.1. The number of halogens is 1. The van der Waals surface area contributed by atoms with Crippen LogP contribution in [0.5, 0.6) is 0 Å². The molecule has 4 N–H and O–H groups in total. The molecule has 0 aromatic heterocycles. The van der Waals surface area contributed by atoms with Crippen molar-refractivity contribution in [2.75, 3.05) is 6.54 Å². The van der Waals surface area contributed by atoms with Crippen molar-refractivity contribution < 1.29 is 9.59 Å². The van der Waals surface area contributed by atoms with Gasteiger partial charge < -0.3 is 16.4 Å². The largest absolute Gasteiger partial charge is 0.353 e. The monoisotopic (exact) mass is 339 g/mol. The molecule has 0 spiro atoms. The summed E-state index contributed by atoms with van der Waals surface area (Å²) >= 11 is 0. The smallest absolute Gasteiger partial charge is 0.251 e. The lowest BCUT2D eigenvalue weighted by molar-refractivity contribution is -0.122. The van der Waals surface area contributed by atoms with Gasteiger partial charge in [-0.25, -0.2) is 0 Å². The van der Waals surface area contributed by atoms with Crippen molar-refractivity contribution in [1.82, 2.24) is 10.6 Å². The first-order valence-corrected chi connectivity index (χ1v) is 8.03. The summed E-state index contributed by atoms with van der Waals surface area (Å²) in [5, 5.41) is 5.88. The van der Waals surface area contributed by atoms with Gasteiger partial charge in [-0.05, 0) is 44.2 Å². The van der Waals surface area contributed by atoms with Crippen molar-refractivity contribution in [2.45, 2.75) is 50.6 Å². The van der Waals surface area contributed by atoms with E-state index in [1.54, 1.807) is 12.1 Å². The van der Waals surface area contributed by atoms with Crippen LogP contribution in [0.15, 0.2) is 30.3 Å². The average molecular weight is 340 g/mol. The van der Waals surface area contributed by atoms with Gasteiger partial charge in [0.05, 0.1) is 0 Å². The van der Waals surface area contributed by atoms with E-state index in [1.165, 1.54) is 0 Å². The Morgan fingerprint density at radius 2 is 1.74 bits per heavy atom.